The number of carbonyl (C=O) groups is 4. The fourth-order valence-electron chi connectivity index (χ4n) is 3.52. The van der Waals surface area contributed by atoms with E-state index in [1.165, 1.54) is 66.7 Å². The lowest BCUT2D eigenvalue weighted by Crippen LogP contribution is -2.54. The van der Waals surface area contributed by atoms with Gasteiger partial charge in [-0.2, -0.15) is 0 Å². The van der Waals surface area contributed by atoms with E-state index in [9.17, 15) is 23.6 Å². The van der Waals surface area contributed by atoms with Crippen molar-refractivity contribution in [2.45, 2.75) is 6.92 Å². The third-order valence-corrected chi connectivity index (χ3v) is 5.50. The van der Waals surface area contributed by atoms with Crippen LogP contribution in [-0.4, -0.2) is 37.0 Å². The molecule has 0 aliphatic carbocycles. The molecule has 11 heteroatoms. The molecule has 0 radical (unpaired) electrons. The number of benzene rings is 3. The van der Waals surface area contributed by atoms with Gasteiger partial charge in [-0.15, -0.1) is 0 Å². The summed E-state index contributed by atoms with van der Waals surface area (Å²) in [6.45, 7) is 1.68. The van der Waals surface area contributed by atoms with E-state index in [0.717, 1.165) is 4.90 Å². The van der Waals surface area contributed by atoms with Crippen molar-refractivity contribution in [1.82, 2.24) is 5.32 Å². The highest BCUT2D eigenvalue weighted by atomic mass is 35.5. The molecule has 194 valence electrons. The Morgan fingerprint density at radius 1 is 1.00 bits per heavy atom. The number of ether oxygens (including phenoxy) is 2. The van der Waals surface area contributed by atoms with Crippen LogP contribution >= 0.6 is 11.6 Å². The molecule has 38 heavy (non-hydrogen) atoms. The van der Waals surface area contributed by atoms with Crippen molar-refractivity contribution in [3.63, 3.8) is 0 Å². The second-order valence-electron chi connectivity index (χ2n) is 7.92. The summed E-state index contributed by atoms with van der Waals surface area (Å²) in [5, 5.41) is 5.16. The molecule has 4 rings (SSSR count). The Morgan fingerprint density at radius 2 is 1.71 bits per heavy atom. The van der Waals surface area contributed by atoms with Gasteiger partial charge in [0.05, 0.1) is 12.3 Å². The van der Waals surface area contributed by atoms with Crippen molar-refractivity contribution in [3.05, 3.63) is 88.7 Å². The second kappa shape index (κ2) is 11.6. The molecule has 1 aliphatic rings. The molecule has 0 aromatic heterocycles. The Kier molecular flexibility index (Phi) is 8.03. The predicted octanol–water partition coefficient (Wildman–Crippen LogP) is 4.56. The molecule has 1 fully saturated rings. The summed E-state index contributed by atoms with van der Waals surface area (Å²) in [4.78, 5) is 51.0. The van der Waals surface area contributed by atoms with Gasteiger partial charge < -0.3 is 14.8 Å². The highest BCUT2D eigenvalue weighted by Gasteiger charge is 2.36. The van der Waals surface area contributed by atoms with Crippen LogP contribution in [0.4, 0.5) is 20.6 Å². The van der Waals surface area contributed by atoms with Gasteiger partial charge in [0.1, 0.15) is 11.4 Å². The molecule has 9 nitrogen and oxygen atoms in total. The number of rotatable bonds is 8. The van der Waals surface area contributed by atoms with Crippen LogP contribution in [0.5, 0.6) is 11.5 Å². The maximum atomic E-state index is 13.1. The minimum Gasteiger partial charge on any atom is -0.490 e. The van der Waals surface area contributed by atoms with Crippen LogP contribution in [0.1, 0.15) is 12.5 Å². The first-order chi connectivity index (χ1) is 18.2. The van der Waals surface area contributed by atoms with E-state index in [1.807, 2.05) is 0 Å². The van der Waals surface area contributed by atoms with E-state index in [4.69, 9.17) is 21.1 Å². The lowest BCUT2D eigenvalue weighted by molar-refractivity contribution is -0.122. The molecular weight excluding hydrogens is 517 g/mol. The van der Waals surface area contributed by atoms with Crippen molar-refractivity contribution in [2.24, 2.45) is 0 Å². The zero-order valence-electron chi connectivity index (χ0n) is 20.0. The van der Waals surface area contributed by atoms with Crippen molar-refractivity contribution < 1.29 is 33.0 Å². The first kappa shape index (κ1) is 26.4. The summed E-state index contributed by atoms with van der Waals surface area (Å²) in [7, 11) is 0. The highest BCUT2D eigenvalue weighted by Crippen LogP contribution is 2.30. The molecule has 3 aromatic rings. The van der Waals surface area contributed by atoms with Crippen molar-refractivity contribution in [3.8, 4) is 11.5 Å². The van der Waals surface area contributed by atoms with Gasteiger partial charge in [-0.1, -0.05) is 17.7 Å². The SMILES string of the molecule is CCOc1cc(/C=C2/C(=O)NC(=O)N(c3ccc(Cl)cc3)C2=O)ccc1OCC(=O)Nc1ccc(F)cc1. The first-order valence-corrected chi connectivity index (χ1v) is 11.7. The lowest BCUT2D eigenvalue weighted by atomic mass is 10.1. The molecule has 2 N–H and O–H groups in total. The third kappa shape index (κ3) is 6.16. The summed E-state index contributed by atoms with van der Waals surface area (Å²) in [5.41, 5.74) is 0.802. The van der Waals surface area contributed by atoms with Crippen LogP contribution in [0.25, 0.3) is 6.08 Å². The maximum Gasteiger partial charge on any atom is 0.335 e. The van der Waals surface area contributed by atoms with Gasteiger partial charge in [-0.3, -0.25) is 19.7 Å². The maximum absolute atomic E-state index is 13.1. The smallest absolute Gasteiger partial charge is 0.335 e. The number of hydrogen-bond acceptors (Lipinski definition) is 6. The van der Waals surface area contributed by atoms with E-state index in [1.54, 1.807) is 13.0 Å². The number of halogens is 2. The molecule has 1 heterocycles. The molecule has 0 spiro atoms. The van der Waals surface area contributed by atoms with Gasteiger partial charge in [0.2, 0.25) is 0 Å². The van der Waals surface area contributed by atoms with E-state index in [-0.39, 0.29) is 36.0 Å². The summed E-state index contributed by atoms with van der Waals surface area (Å²) < 4.78 is 24.2. The normalized spacial score (nSPS) is 14.3. The van der Waals surface area contributed by atoms with Crippen molar-refractivity contribution in [2.75, 3.05) is 23.4 Å². The minimum absolute atomic E-state index is 0.243. The summed E-state index contributed by atoms with van der Waals surface area (Å²) in [5.74, 6) is -2.03. The molecule has 0 saturated carbocycles. The minimum atomic E-state index is -0.878. The number of hydrogen-bond donors (Lipinski definition) is 2. The Hall–Kier alpha value is -4.70. The summed E-state index contributed by atoms with van der Waals surface area (Å²) >= 11 is 5.89. The van der Waals surface area contributed by atoms with Gasteiger partial charge in [0.15, 0.2) is 18.1 Å². The van der Waals surface area contributed by atoms with Gasteiger partial charge in [0.25, 0.3) is 17.7 Å². The van der Waals surface area contributed by atoms with Crippen LogP contribution in [0, 0.1) is 5.82 Å². The number of nitrogens with zero attached hydrogens (tertiary/aromatic N) is 1. The van der Waals surface area contributed by atoms with Crippen LogP contribution in [-0.2, 0) is 14.4 Å². The van der Waals surface area contributed by atoms with Gasteiger partial charge >= 0.3 is 6.03 Å². The first-order valence-electron chi connectivity index (χ1n) is 11.4. The van der Waals surface area contributed by atoms with Crippen LogP contribution in [0.15, 0.2) is 72.3 Å². The van der Waals surface area contributed by atoms with E-state index in [0.29, 0.717) is 16.3 Å². The monoisotopic (exact) mass is 537 g/mol. The Balaban J connectivity index is 1.52. The standard InChI is InChI=1S/C27H21ClFN3O6/c1-2-37-23-14-16(3-12-22(23)38-15-24(33)30-19-8-6-18(29)7-9-19)13-21-25(34)31-27(36)32(26(21)35)20-10-4-17(28)5-11-20/h3-14H,2,15H2,1H3,(H,30,33)(H,31,34,36)/b21-13-. The predicted molar refractivity (Wildman–Crippen MR) is 139 cm³/mol. The Morgan fingerprint density at radius 3 is 2.39 bits per heavy atom. The fraction of sp³-hybridized carbons (Fsp3) is 0.111. The van der Waals surface area contributed by atoms with Crippen molar-refractivity contribution in [1.29, 1.82) is 0 Å². The Labute approximate surface area is 221 Å². The number of anilines is 2. The quantitative estimate of drug-likeness (QED) is 0.321. The average Bonchev–Trinajstić information content (AvgIpc) is 2.88. The van der Waals surface area contributed by atoms with Crippen LogP contribution < -0.4 is 25.0 Å². The van der Waals surface area contributed by atoms with Gasteiger partial charge in [-0.05, 0) is 79.2 Å². The molecular formula is C27H21ClFN3O6. The summed E-state index contributed by atoms with van der Waals surface area (Å²) in [6.07, 6.45) is 1.32. The Bertz CT molecular complexity index is 1420. The van der Waals surface area contributed by atoms with Crippen LogP contribution in [0.3, 0.4) is 0 Å². The average molecular weight is 538 g/mol. The molecule has 0 bridgehead atoms. The fourth-order valence-corrected chi connectivity index (χ4v) is 3.65. The molecule has 1 saturated heterocycles. The van der Waals surface area contributed by atoms with Crippen molar-refractivity contribution >= 4 is 52.8 Å². The van der Waals surface area contributed by atoms with Crippen LogP contribution in [0.2, 0.25) is 5.02 Å². The number of carbonyl (C=O) groups excluding carboxylic acids is 4. The zero-order chi connectivity index (χ0) is 27.2. The molecule has 1 aliphatic heterocycles. The second-order valence-corrected chi connectivity index (χ2v) is 8.35. The third-order valence-electron chi connectivity index (χ3n) is 5.25. The summed E-state index contributed by atoms with van der Waals surface area (Å²) in [6, 6.07) is 15.0. The van der Waals surface area contributed by atoms with Gasteiger partial charge in [-0.25, -0.2) is 14.1 Å². The molecule has 0 atom stereocenters. The lowest BCUT2D eigenvalue weighted by Gasteiger charge is -2.26. The zero-order valence-corrected chi connectivity index (χ0v) is 20.8. The number of nitrogens with one attached hydrogen (secondary N) is 2. The molecule has 5 amide bonds. The molecule has 3 aromatic carbocycles. The van der Waals surface area contributed by atoms with E-state index < -0.39 is 29.6 Å². The number of urea groups is 1. The molecule has 0 unspecified atom stereocenters. The number of barbiturate groups is 1. The van der Waals surface area contributed by atoms with E-state index in [2.05, 4.69) is 10.6 Å². The topological polar surface area (TPSA) is 114 Å². The van der Waals surface area contributed by atoms with E-state index >= 15 is 0 Å². The number of amides is 5. The number of imide groups is 2. The highest BCUT2D eigenvalue weighted by molar-refractivity contribution is 6.39. The largest absolute Gasteiger partial charge is 0.490 e. The van der Waals surface area contributed by atoms with Gasteiger partial charge in [0, 0.05) is 10.7 Å².